The molecule has 0 fully saturated rings. The molecule has 0 radical (unpaired) electrons. The Morgan fingerprint density at radius 3 is 2.40 bits per heavy atom. The summed E-state index contributed by atoms with van der Waals surface area (Å²) in [7, 11) is 4.77. The summed E-state index contributed by atoms with van der Waals surface area (Å²) >= 11 is 0. The van der Waals surface area contributed by atoms with E-state index in [1.54, 1.807) is 38.9 Å². The van der Waals surface area contributed by atoms with Crippen LogP contribution in [0.1, 0.15) is 35.0 Å². The Morgan fingerprint density at radius 1 is 1.10 bits per heavy atom. The van der Waals surface area contributed by atoms with E-state index in [0.717, 1.165) is 5.56 Å². The van der Waals surface area contributed by atoms with E-state index in [-0.39, 0.29) is 17.4 Å². The number of nitrogens with one attached hydrogen (secondary N) is 1. The smallest absolute Gasteiger partial charge is 0.277 e. The number of fused-ring (bicyclic) bond motifs is 1. The Hall–Kier alpha value is -2.71. The third-order valence-corrected chi connectivity index (χ3v) is 5.34. The molecule has 1 N–H and O–H groups in total. The van der Waals surface area contributed by atoms with E-state index in [0.29, 0.717) is 66.7 Å². The zero-order valence-corrected chi connectivity index (χ0v) is 18.2. The second kappa shape index (κ2) is 9.40. The summed E-state index contributed by atoms with van der Waals surface area (Å²) in [6.45, 7) is 4.93. The molecule has 1 aromatic carbocycles. The molecule has 0 spiro atoms. The summed E-state index contributed by atoms with van der Waals surface area (Å²) in [5.74, 6) is 1.18. The van der Waals surface area contributed by atoms with Gasteiger partial charge in [0.15, 0.2) is 5.78 Å². The number of hydrogen-bond acceptors (Lipinski definition) is 7. The minimum Gasteiger partial charge on any atom is -0.496 e. The number of methoxy groups -OCH3 is 3. The maximum absolute atomic E-state index is 13.3. The highest BCUT2D eigenvalue weighted by molar-refractivity contribution is 6.01. The first kappa shape index (κ1) is 22.0. The fourth-order valence-corrected chi connectivity index (χ4v) is 3.88. The fourth-order valence-electron chi connectivity index (χ4n) is 3.88. The van der Waals surface area contributed by atoms with Crippen molar-refractivity contribution >= 4 is 11.5 Å². The Labute approximate surface area is 176 Å². The number of nitrogens with zero attached hydrogens (tertiary/aromatic N) is 2. The normalized spacial score (nSPS) is 13.1. The average molecular weight is 415 g/mol. The van der Waals surface area contributed by atoms with Gasteiger partial charge in [0.2, 0.25) is 0 Å². The number of carbonyl (C=O) groups is 1. The summed E-state index contributed by atoms with van der Waals surface area (Å²) in [5, 5.41) is 3.23. The van der Waals surface area contributed by atoms with Gasteiger partial charge in [-0.15, -0.1) is 0 Å². The molecule has 0 bridgehead atoms. The van der Waals surface area contributed by atoms with Crippen LogP contribution >= 0.6 is 0 Å². The van der Waals surface area contributed by atoms with Crippen LogP contribution in [0, 0.1) is 6.92 Å². The van der Waals surface area contributed by atoms with Crippen molar-refractivity contribution in [1.29, 1.82) is 0 Å². The number of aryl methyl sites for hydroxylation is 2. The Bertz CT molecular complexity index is 993. The van der Waals surface area contributed by atoms with Crippen molar-refractivity contribution in [3.05, 3.63) is 39.3 Å². The predicted octanol–water partition coefficient (Wildman–Crippen LogP) is 2.45. The third-order valence-electron chi connectivity index (χ3n) is 5.34. The van der Waals surface area contributed by atoms with E-state index in [9.17, 15) is 9.59 Å². The number of anilines is 1. The van der Waals surface area contributed by atoms with Gasteiger partial charge >= 0.3 is 0 Å². The maximum Gasteiger partial charge on any atom is 0.277 e. The molecule has 0 saturated carbocycles. The molecular formula is C22H29N3O5. The van der Waals surface area contributed by atoms with Gasteiger partial charge in [0.1, 0.15) is 17.3 Å². The molecule has 162 valence electrons. The number of rotatable bonds is 9. The summed E-state index contributed by atoms with van der Waals surface area (Å²) in [4.78, 5) is 30.2. The molecule has 0 saturated heterocycles. The lowest BCUT2D eigenvalue weighted by atomic mass is 10.0. The number of aromatic nitrogens is 2. The minimum atomic E-state index is -0.176. The number of ether oxygens (including phenoxy) is 3. The van der Waals surface area contributed by atoms with Crippen LogP contribution in [0.4, 0.5) is 5.69 Å². The van der Waals surface area contributed by atoms with Gasteiger partial charge < -0.3 is 19.5 Å². The topological polar surface area (TPSA) is 91.7 Å². The van der Waals surface area contributed by atoms with Gasteiger partial charge in [-0.1, -0.05) is 0 Å². The molecular weight excluding hydrogens is 386 g/mol. The van der Waals surface area contributed by atoms with Crippen molar-refractivity contribution in [1.82, 2.24) is 9.55 Å². The predicted molar refractivity (Wildman–Crippen MR) is 115 cm³/mol. The lowest BCUT2D eigenvalue weighted by molar-refractivity contribution is 0.0994. The van der Waals surface area contributed by atoms with Gasteiger partial charge in [-0.05, 0) is 38.0 Å². The second-order valence-corrected chi connectivity index (χ2v) is 7.33. The Balaban J connectivity index is 2.12. The molecule has 0 aliphatic heterocycles. The van der Waals surface area contributed by atoms with Crippen molar-refractivity contribution in [3.8, 4) is 17.1 Å². The van der Waals surface area contributed by atoms with Gasteiger partial charge in [0, 0.05) is 32.7 Å². The summed E-state index contributed by atoms with van der Waals surface area (Å²) in [6, 6.07) is 3.52. The monoisotopic (exact) mass is 415 g/mol. The highest BCUT2D eigenvalue weighted by atomic mass is 16.5. The molecule has 3 rings (SSSR count). The SMILES string of the molecule is CCn1c(-c2cc3c(cc2OC)C(=O)CC3)nc(C)c(NC(COC)COC)c1=O. The molecule has 0 unspecified atom stereocenters. The Kier molecular flexibility index (Phi) is 6.89. The van der Waals surface area contributed by atoms with Gasteiger partial charge in [-0.25, -0.2) is 4.98 Å². The standard InChI is InChI=1S/C22H29N3O5/c1-6-25-21(17-9-14-7-8-18(26)16(14)10-19(17)30-5)23-13(2)20(22(25)27)24-15(11-28-3)12-29-4/h9-10,15,24H,6-8,11-12H2,1-5H3. The van der Waals surface area contributed by atoms with E-state index in [4.69, 9.17) is 19.2 Å². The largest absolute Gasteiger partial charge is 0.496 e. The summed E-state index contributed by atoms with van der Waals surface area (Å²) in [5.41, 5.74) is 3.21. The maximum atomic E-state index is 13.3. The minimum absolute atomic E-state index is 0.119. The molecule has 1 aliphatic rings. The number of ketones is 1. The number of carbonyl (C=O) groups excluding carboxylic acids is 1. The molecule has 0 atom stereocenters. The lowest BCUT2D eigenvalue weighted by Crippen LogP contribution is -2.35. The molecule has 8 nitrogen and oxygen atoms in total. The van der Waals surface area contributed by atoms with E-state index in [1.807, 2.05) is 13.0 Å². The number of Topliss-reactive ketones (excluding diaryl/α,β-unsaturated/α-hetero) is 1. The van der Waals surface area contributed by atoms with Gasteiger partial charge in [-0.2, -0.15) is 0 Å². The van der Waals surface area contributed by atoms with E-state index in [2.05, 4.69) is 5.32 Å². The first-order valence-electron chi connectivity index (χ1n) is 10.0. The van der Waals surface area contributed by atoms with Crippen LogP contribution in [0.2, 0.25) is 0 Å². The lowest BCUT2D eigenvalue weighted by Gasteiger charge is -2.21. The average Bonchev–Trinajstić information content (AvgIpc) is 3.09. The zero-order valence-electron chi connectivity index (χ0n) is 18.2. The molecule has 30 heavy (non-hydrogen) atoms. The Morgan fingerprint density at radius 2 is 1.80 bits per heavy atom. The second-order valence-electron chi connectivity index (χ2n) is 7.33. The van der Waals surface area contributed by atoms with Crippen molar-refractivity contribution < 1.29 is 19.0 Å². The highest BCUT2D eigenvalue weighted by Crippen LogP contribution is 2.35. The van der Waals surface area contributed by atoms with Crippen molar-refractivity contribution in [2.24, 2.45) is 0 Å². The summed E-state index contributed by atoms with van der Waals surface area (Å²) < 4.78 is 17.6. The van der Waals surface area contributed by atoms with Crippen molar-refractivity contribution in [2.45, 2.75) is 39.3 Å². The van der Waals surface area contributed by atoms with Crippen molar-refractivity contribution in [3.63, 3.8) is 0 Å². The highest BCUT2D eigenvalue weighted by Gasteiger charge is 2.25. The zero-order chi connectivity index (χ0) is 21.8. The van der Waals surface area contributed by atoms with Crippen LogP contribution in [0.3, 0.4) is 0 Å². The first-order valence-corrected chi connectivity index (χ1v) is 10.0. The van der Waals surface area contributed by atoms with E-state index in [1.165, 1.54) is 0 Å². The third kappa shape index (κ3) is 4.11. The van der Waals surface area contributed by atoms with Gasteiger partial charge in [0.25, 0.3) is 5.56 Å². The quantitative estimate of drug-likeness (QED) is 0.673. The van der Waals surface area contributed by atoms with Crippen LogP contribution < -0.4 is 15.6 Å². The van der Waals surface area contributed by atoms with Gasteiger partial charge in [-0.3, -0.25) is 14.2 Å². The molecule has 1 heterocycles. The molecule has 1 aromatic heterocycles. The van der Waals surface area contributed by atoms with E-state index >= 15 is 0 Å². The van der Waals surface area contributed by atoms with E-state index < -0.39 is 0 Å². The van der Waals surface area contributed by atoms with Crippen LogP contribution in [-0.4, -0.2) is 55.9 Å². The van der Waals surface area contributed by atoms with Crippen LogP contribution in [0.15, 0.2) is 16.9 Å². The first-order chi connectivity index (χ1) is 14.4. The van der Waals surface area contributed by atoms with Crippen LogP contribution in [-0.2, 0) is 22.4 Å². The molecule has 0 amide bonds. The fraction of sp³-hybridized carbons (Fsp3) is 0.500. The van der Waals surface area contributed by atoms with Crippen molar-refractivity contribution in [2.75, 3.05) is 39.9 Å². The number of hydrogen-bond donors (Lipinski definition) is 1. The molecule has 1 aliphatic carbocycles. The molecule has 8 heteroatoms. The van der Waals surface area contributed by atoms with Gasteiger partial charge in [0.05, 0.1) is 37.6 Å². The van der Waals surface area contributed by atoms with Crippen LogP contribution in [0.25, 0.3) is 11.4 Å². The van der Waals surface area contributed by atoms with Crippen LogP contribution in [0.5, 0.6) is 5.75 Å². The summed E-state index contributed by atoms with van der Waals surface area (Å²) in [6.07, 6.45) is 1.19. The molecule has 2 aromatic rings. The number of benzene rings is 1.